The van der Waals surface area contributed by atoms with E-state index in [9.17, 15) is 33.1 Å². The largest absolute Gasteiger partial charge is 0.465 e. The molecule has 2 aliphatic heterocycles. The van der Waals surface area contributed by atoms with Crippen molar-refractivity contribution in [3.63, 3.8) is 0 Å². The lowest BCUT2D eigenvalue weighted by atomic mass is 9.99. The van der Waals surface area contributed by atoms with E-state index in [1.165, 1.54) is 25.9 Å². The molecular formula is C41H50F2N8O6. The zero-order chi connectivity index (χ0) is 41.0. The fourth-order valence-electron chi connectivity index (χ4n) is 7.72. The number of ether oxygens (including phenoxy) is 1. The molecule has 2 saturated heterocycles. The van der Waals surface area contributed by atoms with E-state index in [1.807, 2.05) is 62.4 Å². The van der Waals surface area contributed by atoms with Crippen LogP contribution in [0.15, 0.2) is 60.9 Å². The van der Waals surface area contributed by atoms with Gasteiger partial charge in [-0.2, -0.15) is 0 Å². The Morgan fingerprint density at radius 2 is 1.39 bits per heavy atom. The van der Waals surface area contributed by atoms with Crippen LogP contribution >= 0.6 is 0 Å². The van der Waals surface area contributed by atoms with Gasteiger partial charge in [0.2, 0.25) is 11.8 Å². The summed E-state index contributed by atoms with van der Waals surface area (Å²) in [4.78, 5) is 69.2. The minimum Gasteiger partial charge on any atom is -0.465 e. The maximum Gasteiger partial charge on any atom is 0.407 e. The van der Waals surface area contributed by atoms with Gasteiger partial charge in [-0.15, -0.1) is 0 Å². The first-order chi connectivity index (χ1) is 27.1. The van der Waals surface area contributed by atoms with E-state index in [0.29, 0.717) is 36.7 Å². The molecule has 4 amide bonds. The van der Waals surface area contributed by atoms with Gasteiger partial charge in [0, 0.05) is 19.4 Å². The number of nitrogens with zero attached hydrogens (tertiary/aromatic N) is 4. The van der Waals surface area contributed by atoms with Gasteiger partial charge in [-0.25, -0.2) is 28.3 Å². The van der Waals surface area contributed by atoms with Gasteiger partial charge < -0.3 is 40.2 Å². The second-order valence-electron chi connectivity index (χ2n) is 15.8. The van der Waals surface area contributed by atoms with Crippen LogP contribution in [-0.4, -0.2) is 103 Å². The number of carbonyl (C=O) groups is 4. The average Bonchev–Trinajstić information content (AvgIpc) is 4.00. The summed E-state index contributed by atoms with van der Waals surface area (Å²) in [5.41, 5.74) is 3.45. The van der Waals surface area contributed by atoms with Gasteiger partial charge >= 0.3 is 12.2 Å². The van der Waals surface area contributed by atoms with Crippen LogP contribution in [-0.2, 0) is 14.3 Å². The number of hydrogen-bond acceptors (Lipinski definition) is 7. The molecule has 2 aromatic heterocycles. The molecule has 4 aromatic rings. The molecule has 57 heavy (non-hydrogen) atoms. The number of alkyl carbamates (subject to hydrolysis) is 1. The topological polar surface area (TPSA) is 186 Å². The number of methoxy groups -OCH3 is 1. The third-order valence-electron chi connectivity index (χ3n) is 10.4. The Hall–Kier alpha value is -5.80. The van der Waals surface area contributed by atoms with E-state index in [1.54, 1.807) is 17.3 Å². The smallest absolute Gasteiger partial charge is 0.407 e. The molecule has 0 spiro atoms. The van der Waals surface area contributed by atoms with Crippen molar-refractivity contribution in [2.24, 2.45) is 5.92 Å². The van der Waals surface area contributed by atoms with E-state index in [2.05, 4.69) is 35.3 Å². The van der Waals surface area contributed by atoms with E-state index in [0.717, 1.165) is 34.4 Å². The second-order valence-corrected chi connectivity index (χ2v) is 15.8. The molecule has 304 valence electrons. The van der Waals surface area contributed by atoms with Gasteiger partial charge in [0.05, 0.1) is 49.5 Å². The van der Waals surface area contributed by atoms with E-state index in [-0.39, 0.29) is 37.3 Å². The predicted molar refractivity (Wildman–Crippen MR) is 208 cm³/mol. The van der Waals surface area contributed by atoms with Gasteiger partial charge in [-0.3, -0.25) is 9.59 Å². The molecule has 5 N–H and O–H groups in total. The van der Waals surface area contributed by atoms with Gasteiger partial charge in [0.25, 0.3) is 0 Å². The predicted octanol–water partition coefficient (Wildman–Crippen LogP) is 6.95. The fourth-order valence-corrected chi connectivity index (χ4v) is 7.72. The second kappa shape index (κ2) is 17.1. The van der Waals surface area contributed by atoms with Crippen LogP contribution in [0.5, 0.6) is 0 Å². The molecule has 4 heterocycles. The summed E-state index contributed by atoms with van der Waals surface area (Å²) in [6.45, 7) is 6.82. The highest BCUT2D eigenvalue weighted by molar-refractivity contribution is 5.87. The van der Waals surface area contributed by atoms with Crippen LogP contribution in [0.3, 0.4) is 0 Å². The molecule has 0 radical (unpaired) electrons. The Kier molecular flexibility index (Phi) is 12.3. The lowest BCUT2D eigenvalue weighted by molar-refractivity contribution is -0.135. The number of imidazole rings is 2. The lowest BCUT2D eigenvalue weighted by Crippen LogP contribution is -2.50. The van der Waals surface area contributed by atoms with E-state index in [4.69, 9.17) is 0 Å². The van der Waals surface area contributed by atoms with Crippen molar-refractivity contribution in [2.45, 2.75) is 95.8 Å². The molecular weight excluding hydrogens is 738 g/mol. The lowest BCUT2D eigenvalue weighted by Gasteiger charge is -2.30. The number of carboxylic acid groups (broad SMARTS) is 1. The van der Waals surface area contributed by atoms with Gasteiger partial charge in [0.15, 0.2) is 0 Å². The molecule has 14 nitrogen and oxygen atoms in total. The van der Waals surface area contributed by atoms with Crippen molar-refractivity contribution >= 4 is 24.0 Å². The number of nitrogens with one attached hydrogen (secondary N) is 4. The number of amides is 4. The summed E-state index contributed by atoms with van der Waals surface area (Å²) in [5, 5.41) is 14.1. The normalized spacial score (nSPS) is 19.4. The molecule has 2 fully saturated rings. The number of aromatic nitrogens is 4. The van der Waals surface area contributed by atoms with E-state index < -0.39 is 48.1 Å². The van der Waals surface area contributed by atoms with Gasteiger partial charge in [-0.05, 0) is 61.3 Å². The Morgan fingerprint density at radius 1 is 0.860 bits per heavy atom. The number of H-pyrrole nitrogens is 2. The highest BCUT2D eigenvalue weighted by Crippen LogP contribution is 2.36. The van der Waals surface area contributed by atoms with Crippen molar-refractivity contribution in [3.05, 3.63) is 72.6 Å². The van der Waals surface area contributed by atoms with Crippen molar-refractivity contribution < 1.29 is 37.8 Å². The number of alkyl halides is 2. The number of rotatable bonds is 13. The van der Waals surface area contributed by atoms with Crippen molar-refractivity contribution in [3.8, 4) is 33.6 Å². The molecule has 16 heteroatoms. The Bertz CT molecular complexity index is 2040. The number of hydrogen-bond donors (Lipinski definition) is 5. The minimum absolute atomic E-state index is 0.0467. The number of likely N-dealkylation sites (tertiary alicyclic amines) is 2. The summed E-state index contributed by atoms with van der Waals surface area (Å²) in [6.07, 6.45) is 1.56. The summed E-state index contributed by atoms with van der Waals surface area (Å²) < 4.78 is 34.0. The summed E-state index contributed by atoms with van der Waals surface area (Å²) in [7, 11) is 1.19. The fraction of sp³-hybridized carbons (Fsp3) is 0.463. The van der Waals surface area contributed by atoms with Crippen LogP contribution in [0.4, 0.5) is 18.4 Å². The average molecular weight is 789 g/mol. The van der Waals surface area contributed by atoms with Gasteiger partial charge in [0.1, 0.15) is 35.6 Å². The quantitative estimate of drug-likeness (QED) is 0.0963. The SMILES string of the molecule is COC(=O)N[C@@H](CC(C)(C)F)C(=O)N1CCCC1c1ncc(-c2ccc(-c3ccc(-c4cnc([C@@H]5C[C@@H](F)CN5C(=O)[C@H](CC(C)C)NC(=O)O)[nH]4)cc3)cc2)[nH]1. The van der Waals surface area contributed by atoms with E-state index >= 15 is 0 Å². The zero-order valence-electron chi connectivity index (χ0n) is 32.7. The molecule has 1 unspecified atom stereocenters. The zero-order valence-corrected chi connectivity index (χ0v) is 32.7. The van der Waals surface area contributed by atoms with Gasteiger partial charge in [-0.1, -0.05) is 62.4 Å². The first kappa shape index (κ1) is 40.9. The maximum absolute atomic E-state index is 14.7. The summed E-state index contributed by atoms with van der Waals surface area (Å²) in [6, 6.07) is 12.7. The minimum atomic E-state index is -1.69. The van der Waals surface area contributed by atoms with Crippen LogP contribution in [0, 0.1) is 5.92 Å². The highest BCUT2D eigenvalue weighted by atomic mass is 19.1. The third kappa shape index (κ3) is 9.78. The van der Waals surface area contributed by atoms with Crippen LogP contribution in [0.25, 0.3) is 33.6 Å². The molecule has 2 aliphatic rings. The molecule has 0 saturated carbocycles. The maximum atomic E-state index is 14.7. The van der Waals surface area contributed by atoms with Crippen LogP contribution in [0.2, 0.25) is 0 Å². The van der Waals surface area contributed by atoms with Crippen molar-refractivity contribution in [1.29, 1.82) is 0 Å². The van der Waals surface area contributed by atoms with Crippen molar-refractivity contribution in [1.82, 2.24) is 40.4 Å². The molecule has 5 atom stereocenters. The Balaban J connectivity index is 1.12. The first-order valence-electron chi connectivity index (χ1n) is 19.2. The molecule has 2 aromatic carbocycles. The standard InChI is InChI=1S/C41H50F2N8O6/c1-23(2)17-29(48-39(54)55)37(52)51-22-28(42)18-34(51)36-45-21-32(47-36)27-14-10-25(11-15-27)24-8-12-26(13-9-24)31-20-44-35(46-31)33-7-6-16-50(33)38(53)30(19-41(3,4)43)49-40(56)57-5/h8-15,20-21,23,28-30,33-34,48H,6-7,16-19,22H2,1-5H3,(H,44,46)(H,45,47)(H,49,56)(H,54,55)/t28-,29+,30+,33?,34+/m1/s1. The first-order valence-corrected chi connectivity index (χ1v) is 19.2. The molecule has 6 rings (SSSR count). The molecule has 0 bridgehead atoms. The Labute approximate surface area is 329 Å². The van der Waals surface area contributed by atoms with Crippen LogP contribution in [0.1, 0.15) is 83.5 Å². The number of benzene rings is 2. The number of aromatic amines is 2. The third-order valence-corrected chi connectivity index (χ3v) is 10.4. The highest BCUT2D eigenvalue weighted by Gasteiger charge is 2.41. The van der Waals surface area contributed by atoms with Crippen LogP contribution < -0.4 is 10.6 Å². The monoisotopic (exact) mass is 788 g/mol. The number of carbonyl (C=O) groups excluding carboxylic acids is 3. The van der Waals surface area contributed by atoms with Crippen molar-refractivity contribution in [2.75, 3.05) is 20.2 Å². The summed E-state index contributed by atoms with van der Waals surface area (Å²) in [5.74, 6) is 0.234. The molecule has 0 aliphatic carbocycles. The number of halogens is 2. The summed E-state index contributed by atoms with van der Waals surface area (Å²) >= 11 is 0. The Morgan fingerprint density at radius 3 is 1.89 bits per heavy atom.